The fraction of sp³-hybridized carbons (Fsp3) is 1.00. The molecule has 0 aromatic heterocycles. The molecule has 3 nitrogen and oxygen atoms in total. The zero-order chi connectivity index (χ0) is 7.11. The Kier molecular flexibility index (Phi) is 6.24. The molecular weight excluding hydrogens is 138 g/mol. The second kappa shape index (κ2) is 6.19. The van der Waals surface area contributed by atoms with E-state index in [0.717, 1.165) is 19.3 Å². The minimum absolute atomic E-state index is 0.389. The summed E-state index contributed by atoms with van der Waals surface area (Å²) < 4.78 is 18.3. The van der Waals surface area contributed by atoms with Gasteiger partial charge in [0, 0.05) is 5.75 Å². The van der Waals surface area contributed by atoms with Gasteiger partial charge < -0.3 is 10.3 Å². The van der Waals surface area contributed by atoms with Crippen molar-refractivity contribution >= 4 is 11.1 Å². The molecule has 0 aromatic rings. The van der Waals surface area contributed by atoms with E-state index in [4.69, 9.17) is 10.3 Å². The molecule has 0 heterocycles. The molecule has 0 saturated carbocycles. The summed E-state index contributed by atoms with van der Waals surface area (Å²) in [4.78, 5) is 0. The molecule has 0 radical (unpaired) electrons. The highest BCUT2D eigenvalue weighted by Gasteiger charge is 1.91. The van der Waals surface area contributed by atoms with E-state index in [9.17, 15) is 4.21 Å². The molecule has 0 saturated heterocycles. The first-order valence-electron chi connectivity index (χ1n) is 3.05. The van der Waals surface area contributed by atoms with E-state index in [0.29, 0.717) is 12.3 Å². The van der Waals surface area contributed by atoms with Crippen molar-refractivity contribution in [3.63, 3.8) is 0 Å². The summed E-state index contributed by atoms with van der Waals surface area (Å²) in [5.74, 6) is 0.389. The number of rotatable bonds is 5. The van der Waals surface area contributed by atoms with Gasteiger partial charge in [-0.3, -0.25) is 0 Å². The SMILES string of the molecule is NCCCCCS(=O)O. The standard InChI is InChI=1S/C5H13NO2S/c6-4-2-1-3-5-9(7)8/h1-6H2,(H,7,8). The van der Waals surface area contributed by atoms with Crippen LogP contribution in [0.5, 0.6) is 0 Å². The monoisotopic (exact) mass is 151 g/mol. The fourth-order valence-electron chi connectivity index (χ4n) is 0.547. The second-order valence-corrected chi connectivity index (χ2v) is 2.93. The van der Waals surface area contributed by atoms with Crippen LogP contribution >= 0.6 is 0 Å². The number of unbranched alkanes of at least 4 members (excludes halogenated alkanes) is 2. The van der Waals surface area contributed by atoms with E-state index in [2.05, 4.69) is 0 Å². The van der Waals surface area contributed by atoms with Crippen LogP contribution in [-0.4, -0.2) is 21.1 Å². The molecule has 3 N–H and O–H groups in total. The van der Waals surface area contributed by atoms with Gasteiger partial charge in [0.1, 0.15) is 0 Å². The molecule has 0 spiro atoms. The third kappa shape index (κ3) is 8.07. The molecule has 0 amide bonds. The maximum atomic E-state index is 10.0. The Hall–Kier alpha value is 0.0700. The van der Waals surface area contributed by atoms with Gasteiger partial charge in [-0.05, 0) is 19.4 Å². The summed E-state index contributed by atoms with van der Waals surface area (Å²) in [6.45, 7) is 0.679. The first-order valence-corrected chi connectivity index (χ1v) is 4.32. The average molecular weight is 151 g/mol. The van der Waals surface area contributed by atoms with Crippen LogP contribution in [0.4, 0.5) is 0 Å². The average Bonchev–Trinajstić information content (AvgIpc) is 1.80. The third-order valence-corrected chi connectivity index (χ3v) is 1.66. The van der Waals surface area contributed by atoms with Gasteiger partial charge in [-0.2, -0.15) is 0 Å². The lowest BCUT2D eigenvalue weighted by molar-refractivity contribution is 0.559. The van der Waals surface area contributed by atoms with E-state index in [1.807, 2.05) is 0 Å². The molecule has 4 heteroatoms. The molecule has 0 bridgehead atoms. The fourth-order valence-corrected chi connectivity index (χ4v) is 0.998. The highest BCUT2D eigenvalue weighted by molar-refractivity contribution is 7.79. The second-order valence-electron chi connectivity index (χ2n) is 1.87. The largest absolute Gasteiger partial charge is 0.330 e. The van der Waals surface area contributed by atoms with Crippen molar-refractivity contribution in [1.82, 2.24) is 0 Å². The van der Waals surface area contributed by atoms with Crippen LogP contribution in [0.3, 0.4) is 0 Å². The summed E-state index contributed by atoms with van der Waals surface area (Å²) in [6.07, 6.45) is 2.72. The van der Waals surface area contributed by atoms with Crippen molar-refractivity contribution in [2.24, 2.45) is 5.73 Å². The summed E-state index contributed by atoms with van der Waals surface area (Å²) in [7, 11) is 0. The molecule has 0 fully saturated rings. The van der Waals surface area contributed by atoms with Crippen molar-refractivity contribution in [2.45, 2.75) is 19.3 Å². The lowest BCUT2D eigenvalue weighted by Crippen LogP contribution is -2.00. The lowest BCUT2D eigenvalue weighted by Gasteiger charge is -1.93. The van der Waals surface area contributed by atoms with E-state index < -0.39 is 11.1 Å². The normalized spacial score (nSPS) is 13.6. The summed E-state index contributed by atoms with van der Waals surface area (Å²) in [6, 6.07) is 0. The summed E-state index contributed by atoms with van der Waals surface area (Å²) in [5.41, 5.74) is 5.21. The van der Waals surface area contributed by atoms with E-state index in [1.165, 1.54) is 0 Å². The molecule has 9 heavy (non-hydrogen) atoms. The molecule has 0 aliphatic rings. The predicted molar refractivity (Wildman–Crippen MR) is 38.5 cm³/mol. The van der Waals surface area contributed by atoms with Crippen LogP contribution in [-0.2, 0) is 11.1 Å². The van der Waals surface area contributed by atoms with Gasteiger partial charge in [-0.25, -0.2) is 4.21 Å². The Labute approximate surface area is 57.9 Å². The summed E-state index contributed by atoms with van der Waals surface area (Å²) >= 11 is -1.61. The first-order chi connectivity index (χ1) is 4.27. The minimum Gasteiger partial charge on any atom is -0.330 e. The van der Waals surface area contributed by atoms with Crippen LogP contribution in [0.2, 0.25) is 0 Å². The molecule has 0 aromatic carbocycles. The van der Waals surface area contributed by atoms with Gasteiger partial charge >= 0.3 is 0 Å². The van der Waals surface area contributed by atoms with Crippen LogP contribution in [0.1, 0.15) is 19.3 Å². The highest BCUT2D eigenvalue weighted by atomic mass is 32.2. The number of hydrogen-bond donors (Lipinski definition) is 2. The van der Waals surface area contributed by atoms with Crippen molar-refractivity contribution in [3.8, 4) is 0 Å². The maximum Gasteiger partial charge on any atom is 0.152 e. The molecule has 0 aliphatic carbocycles. The van der Waals surface area contributed by atoms with Crippen molar-refractivity contribution in [2.75, 3.05) is 12.3 Å². The molecule has 0 rings (SSSR count). The van der Waals surface area contributed by atoms with Gasteiger partial charge in [0.25, 0.3) is 0 Å². The Morgan fingerprint density at radius 3 is 2.44 bits per heavy atom. The van der Waals surface area contributed by atoms with Gasteiger partial charge in [-0.1, -0.05) is 6.42 Å². The van der Waals surface area contributed by atoms with Gasteiger partial charge in [-0.15, -0.1) is 0 Å². The maximum absolute atomic E-state index is 10.0. The Bertz CT molecular complexity index is 87.0. The Morgan fingerprint density at radius 1 is 1.33 bits per heavy atom. The quantitative estimate of drug-likeness (QED) is 0.440. The van der Waals surface area contributed by atoms with Crippen molar-refractivity contribution < 1.29 is 8.76 Å². The Morgan fingerprint density at radius 2 is 2.00 bits per heavy atom. The van der Waals surface area contributed by atoms with E-state index in [1.54, 1.807) is 0 Å². The van der Waals surface area contributed by atoms with Gasteiger partial charge in [0.15, 0.2) is 11.1 Å². The molecular formula is C5H13NO2S. The summed E-state index contributed by atoms with van der Waals surface area (Å²) in [5, 5.41) is 0. The number of hydrogen-bond acceptors (Lipinski definition) is 2. The third-order valence-electron chi connectivity index (χ3n) is 1.02. The zero-order valence-electron chi connectivity index (χ0n) is 5.38. The molecule has 1 unspecified atom stereocenters. The topological polar surface area (TPSA) is 63.3 Å². The zero-order valence-corrected chi connectivity index (χ0v) is 6.19. The first kappa shape index (κ1) is 9.07. The molecule has 56 valence electrons. The Balaban J connectivity index is 2.83. The van der Waals surface area contributed by atoms with Crippen LogP contribution < -0.4 is 5.73 Å². The minimum atomic E-state index is -1.61. The van der Waals surface area contributed by atoms with E-state index >= 15 is 0 Å². The predicted octanol–water partition coefficient (Wildman–Crippen LogP) is 0.337. The molecule has 1 atom stereocenters. The smallest absolute Gasteiger partial charge is 0.152 e. The van der Waals surface area contributed by atoms with Gasteiger partial charge in [0.05, 0.1) is 0 Å². The highest BCUT2D eigenvalue weighted by Crippen LogP contribution is 1.93. The van der Waals surface area contributed by atoms with Crippen molar-refractivity contribution in [3.05, 3.63) is 0 Å². The van der Waals surface area contributed by atoms with Gasteiger partial charge in [0.2, 0.25) is 0 Å². The lowest BCUT2D eigenvalue weighted by atomic mass is 10.2. The van der Waals surface area contributed by atoms with Crippen LogP contribution in [0.25, 0.3) is 0 Å². The molecule has 0 aliphatic heterocycles. The van der Waals surface area contributed by atoms with Crippen LogP contribution in [0.15, 0.2) is 0 Å². The van der Waals surface area contributed by atoms with E-state index in [-0.39, 0.29) is 0 Å². The van der Waals surface area contributed by atoms with Crippen LogP contribution in [0, 0.1) is 0 Å². The van der Waals surface area contributed by atoms with Crippen molar-refractivity contribution in [1.29, 1.82) is 0 Å². The number of nitrogens with two attached hydrogens (primary N) is 1.